The van der Waals surface area contributed by atoms with Crippen LogP contribution in [0.25, 0.3) is 55.0 Å². The Hall–Kier alpha value is -4.00. The first-order valence-electron chi connectivity index (χ1n) is 20.7. The van der Waals surface area contributed by atoms with Crippen LogP contribution in [0.1, 0.15) is 16.7 Å². The van der Waals surface area contributed by atoms with Crippen molar-refractivity contribution < 1.29 is 0 Å². The van der Waals surface area contributed by atoms with Gasteiger partial charge >= 0.3 is 0 Å². The van der Waals surface area contributed by atoms with Gasteiger partial charge in [-0.25, -0.2) is 0 Å². The Morgan fingerprint density at radius 1 is 0.375 bits per heavy atom. The van der Waals surface area contributed by atoms with Gasteiger partial charge in [0.15, 0.2) is 0 Å². The lowest BCUT2D eigenvalue weighted by Gasteiger charge is -2.40. The molecular weight excluding hydrogens is 757 g/mol. The van der Waals surface area contributed by atoms with Crippen molar-refractivity contribution in [3.05, 3.63) is 126 Å². The van der Waals surface area contributed by atoms with E-state index in [1.54, 1.807) is 25.9 Å². The third-order valence-electron chi connectivity index (χ3n) is 16.0. The van der Waals surface area contributed by atoms with Crippen LogP contribution in [0.15, 0.2) is 109 Å². The van der Waals surface area contributed by atoms with E-state index in [2.05, 4.69) is 198 Å². The maximum atomic E-state index is 2.67. The highest BCUT2D eigenvalue weighted by Gasteiger charge is 2.46. The molecule has 56 heavy (non-hydrogen) atoms. The second-order valence-electron chi connectivity index (χ2n) is 20.3. The maximum Gasteiger partial charge on any atom is 0.0852 e. The Labute approximate surface area is 337 Å². The third kappa shape index (κ3) is 4.75. The number of rotatable bonds is 0. The molecule has 24 rings (SSSR count). The number of nitrogens with zero attached hydrogens (tertiary/aromatic N) is 2. The van der Waals surface area contributed by atoms with E-state index in [-0.39, 0.29) is 0 Å². The molecule has 0 saturated carbocycles. The van der Waals surface area contributed by atoms with Crippen molar-refractivity contribution in [3.8, 4) is 11.4 Å². The summed E-state index contributed by atoms with van der Waals surface area (Å²) >= 11 is 0. The van der Waals surface area contributed by atoms with Gasteiger partial charge in [-0.15, -0.1) is 0 Å². The van der Waals surface area contributed by atoms with Crippen molar-refractivity contribution in [1.82, 2.24) is 9.13 Å². The minimum absolute atomic E-state index is 1.12. The van der Waals surface area contributed by atoms with Crippen LogP contribution < -0.4 is 25.9 Å². The zero-order valence-corrected chi connectivity index (χ0v) is 40.5. The molecular formula is C49H56N2Si5. The predicted molar refractivity (Wildman–Crippen MR) is 260 cm³/mol. The number of aryl methyl sites for hydroxylation is 2. The van der Waals surface area contributed by atoms with Crippen molar-refractivity contribution in [2.75, 3.05) is 0 Å². The molecule has 282 valence electrons. The van der Waals surface area contributed by atoms with E-state index in [1.165, 1.54) is 71.7 Å². The molecule has 0 N–H and O–H groups in total. The highest BCUT2D eigenvalue weighted by molar-refractivity contribution is 7.50. The summed E-state index contributed by atoms with van der Waals surface area (Å²) < 4.78 is 5.18. The second-order valence-corrected chi connectivity index (χ2v) is 55.2. The average molecular weight is 813 g/mol. The van der Waals surface area contributed by atoms with Crippen LogP contribution in [0, 0.1) is 13.8 Å². The van der Waals surface area contributed by atoms with Gasteiger partial charge in [-0.05, 0) is 85.1 Å². The molecule has 6 aromatic carbocycles. The highest BCUT2D eigenvalue weighted by Crippen LogP contribution is 2.37. The summed E-state index contributed by atoms with van der Waals surface area (Å²) in [5, 5.41) is 13.6. The van der Waals surface area contributed by atoms with Gasteiger partial charge in [-0.3, -0.25) is 0 Å². The van der Waals surface area contributed by atoms with E-state index in [1.807, 2.05) is 0 Å². The fourth-order valence-electron chi connectivity index (χ4n) is 10.7. The molecule has 18 bridgehead atoms. The third-order valence-corrected chi connectivity index (χ3v) is 54.7. The minimum atomic E-state index is -1.99. The van der Waals surface area contributed by atoms with Crippen LogP contribution in [0.4, 0.5) is 0 Å². The van der Waals surface area contributed by atoms with E-state index in [9.17, 15) is 0 Å². The summed E-state index contributed by atoms with van der Waals surface area (Å²) in [4.78, 5) is 0. The van der Waals surface area contributed by atoms with Crippen molar-refractivity contribution in [1.29, 1.82) is 0 Å². The van der Waals surface area contributed by atoms with E-state index >= 15 is 0 Å². The van der Waals surface area contributed by atoms with Gasteiger partial charge in [-0.2, -0.15) is 0 Å². The van der Waals surface area contributed by atoms with Crippen molar-refractivity contribution in [2.45, 2.75) is 85.4 Å². The van der Waals surface area contributed by atoms with Gasteiger partial charge in [0.05, 0.1) is 60.5 Å². The van der Waals surface area contributed by atoms with Gasteiger partial charge in [-0.1, -0.05) is 152 Å². The first-order valence-corrected chi connectivity index (χ1v) is 37.9. The van der Waals surface area contributed by atoms with Crippen molar-refractivity contribution >= 4 is 108 Å². The molecule has 16 aliphatic heterocycles. The summed E-state index contributed by atoms with van der Waals surface area (Å²) in [5.74, 6) is 0. The van der Waals surface area contributed by atoms with Gasteiger partial charge in [0.1, 0.15) is 0 Å². The molecule has 0 radical (unpaired) electrons. The molecule has 16 aliphatic rings. The quantitative estimate of drug-likeness (QED) is 0.135. The zero-order chi connectivity index (χ0) is 39.5. The summed E-state index contributed by atoms with van der Waals surface area (Å²) in [6.07, 6.45) is 0. The fraction of sp³-hybridized carbons (Fsp3) is 0.265. The highest BCUT2D eigenvalue weighted by atomic mass is 29.3. The average Bonchev–Trinajstić information content (AvgIpc) is 3.66. The first-order chi connectivity index (χ1) is 26.3. The summed E-state index contributed by atoms with van der Waals surface area (Å²) in [5.41, 5.74) is 12.2. The van der Waals surface area contributed by atoms with Crippen LogP contribution in [-0.2, 0) is 6.04 Å². The SMILES string of the molecule is Cc1cc2ccc1C[Si](C)(C)c1ccc(cc1C)-n1c3ccc4cc3c3cc(ccc31)[Si](C)(C)[Si](C)(C)c1ccc3c(c1)c1cc(ccc1n3-2)[Si](C)(C)[Si]4(C)C. The molecule has 8 aromatic rings. The molecule has 0 aliphatic carbocycles. The summed E-state index contributed by atoms with van der Waals surface area (Å²) in [6.45, 7) is 31.2. The Bertz CT molecular complexity index is 2870. The van der Waals surface area contributed by atoms with Crippen LogP contribution in [0.3, 0.4) is 0 Å². The molecule has 0 fully saturated rings. The van der Waals surface area contributed by atoms with E-state index in [4.69, 9.17) is 0 Å². The maximum absolute atomic E-state index is 2.67. The number of hydrogen-bond donors (Lipinski definition) is 0. The Kier molecular flexibility index (Phi) is 7.51. The second kappa shape index (κ2) is 11.6. The first kappa shape index (κ1) is 36.4. The Morgan fingerprint density at radius 2 is 0.714 bits per heavy atom. The Balaban J connectivity index is 1.42. The number of aromatic nitrogens is 2. The molecule has 0 spiro atoms. The van der Waals surface area contributed by atoms with Gasteiger partial charge < -0.3 is 9.13 Å². The predicted octanol–water partition coefficient (Wildman–Crippen LogP) is 10.0. The van der Waals surface area contributed by atoms with Gasteiger partial charge in [0.2, 0.25) is 0 Å². The molecule has 0 amide bonds. The van der Waals surface area contributed by atoms with Crippen LogP contribution >= 0.6 is 0 Å². The fourth-order valence-corrected chi connectivity index (χ4v) is 31.4. The molecule has 18 heterocycles. The van der Waals surface area contributed by atoms with Crippen LogP contribution in [-0.4, -0.2) is 47.6 Å². The van der Waals surface area contributed by atoms with Gasteiger partial charge in [0.25, 0.3) is 0 Å². The van der Waals surface area contributed by atoms with Crippen molar-refractivity contribution in [2.24, 2.45) is 0 Å². The monoisotopic (exact) mass is 812 g/mol. The molecule has 0 saturated heterocycles. The molecule has 2 aromatic heterocycles. The lowest BCUT2D eigenvalue weighted by atomic mass is 10.1. The largest absolute Gasteiger partial charge is 0.309 e. The number of hydrogen-bond acceptors (Lipinski definition) is 0. The van der Waals surface area contributed by atoms with Crippen LogP contribution in [0.2, 0.25) is 65.5 Å². The van der Waals surface area contributed by atoms with Crippen LogP contribution in [0.5, 0.6) is 0 Å². The summed E-state index contributed by atoms with van der Waals surface area (Å²) in [6, 6.07) is 46.6. The standard InChI is InChI=1S/C49H56N2Si5/c1-32-25-35-14-13-34(32)31-52(3,4)49-24-15-36(26-33(49)2)51-47-22-18-39-29-43(47)44-30-40(19-23-48(44)51)56(11,12)54(7,8)38-17-21-46-42(28-38)41-27-37(16-20-45(41)50(35)46)53(5,6)55(39,9)10/h13-30H,31H2,1-12H3. The summed E-state index contributed by atoms with van der Waals surface area (Å²) in [7, 11) is -9.82. The molecule has 0 atom stereocenters. The number of benzene rings is 6. The lowest BCUT2D eigenvalue weighted by Crippen LogP contribution is -2.69. The van der Waals surface area contributed by atoms with E-state index in [0.29, 0.717) is 0 Å². The topological polar surface area (TPSA) is 9.86 Å². The minimum Gasteiger partial charge on any atom is -0.309 e. The normalized spacial score (nSPS) is 18.6. The molecule has 7 heteroatoms. The lowest BCUT2D eigenvalue weighted by molar-refractivity contribution is 1.15. The Morgan fingerprint density at radius 3 is 1.05 bits per heavy atom. The molecule has 2 nitrogen and oxygen atoms in total. The van der Waals surface area contributed by atoms with Crippen molar-refractivity contribution in [3.63, 3.8) is 0 Å². The zero-order valence-electron chi connectivity index (χ0n) is 35.5. The molecule has 0 unspecified atom stereocenters. The van der Waals surface area contributed by atoms with E-state index in [0.717, 1.165) is 6.04 Å². The smallest absolute Gasteiger partial charge is 0.0852 e. The van der Waals surface area contributed by atoms with E-state index < -0.39 is 38.4 Å². The van der Waals surface area contributed by atoms with Gasteiger partial charge in [0, 0.05) is 32.9 Å².